The van der Waals surface area contributed by atoms with Crippen LogP contribution < -0.4 is 15.4 Å². The quantitative estimate of drug-likeness (QED) is 0.836. The molecule has 1 aromatic rings. The van der Waals surface area contributed by atoms with Crippen LogP contribution in [-0.2, 0) is 0 Å². The van der Waals surface area contributed by atoms with Gasteiger partial charge in [0.05, 0.1) is 13.2 Å². The molecule has 2 rings (SSSR count). The normalized spacial score (nSPS) is 16.3. The van der Waals surface area contributed by atoms with Crippen molar-refractivity contribution in [3.05, 3.63) is 29.3 Å². The van der Waals surface area contributed by atoms with Gasteiger partial charge in [0.15, 0.2) is 0 Å². The summed E-state index contributed by atoms with van der Waals surface area (Å²) in [7, 11) is 1.66. The highest BCUT2D eigenvalue weighted by atomic mass is 16.5. The molecule has 2 amide bonds. The van der Waals surface area contributed by atoms with Crippen LogP contribution in [0.5, 0.6) is 5.75 Å². The van der Waals surface area contributed by atoms with Gasteiger partial charge in [-0.15, -0.1) is 0 Å². The average Bonchev–Trinajstić information content (AvgIpc) is 3.00. The van der Waals surface area contributed by atoms with Crippen molar-refractivity contribution in [3.63, 3.8) is 0 Å². The van der Waals surface area contributed by atoms with Crippen molar-refractivity contribution in [1.29, 1.82) is 0 Å². The minimum absolute atomic E-state index is 0.0821. The molecule has 2 N–H and O–H groups in total. The minimum atomic E-state index is -0.103. The molecule has 1 aliphatic carbocycles. The first-order chi connectivity index (χ1) is 10.6. The van der Waals surface area contributed by atoms with E-state index in [1.54, 1.807) is 7.11 Å². The zero-order valence-corrected chi connectivity index (χ0v) is 13.9. The second-order valence-electron chi connectivity index (χ2n) is 6.31. The summed E-state index contributed by atoms with van der Waals surface area (Å²) in [6, 6.07) is 5.83. The summed E-state index contributed by atoms with van der Waals surface area (Å²) < 4.78 is 5.38. The van der Waals surface area contributed by atoms with Crippen molar-refractivity contribution in [2.45, 2.75) is 52.0 Å². The van der Waals surface area contributed by atoms with Crippen molar-refractivity contribution in [1.82, 2.24) is 10.6 Å². The van der Waals surface area contributed by atoms with Gasteiger partial charge in [0.25, 0.3) is 0 Å². The number of methoxy groups -OCH3 is 1. The van der Waals surface area contributed by atoms with Crippen LogP contribution in [0.3, 0.4) is 0 Å². The SMILES string of the molecule is COc1ccc(C)cc1C(C)NC(=O)NCCC1CCCC1. The van der Waals surface area contributed by atoms with Crippen LogP contribution in [-0.4, -0.2) is 19.7 Å². The first kappa shape index (κ1) is 16.7. The smallest absolute Gasteiger partial charge is 0.315 e. The number of nitrogens with one attached hydrogen (secondary N) is 2. The lowest BCUT2D eigenvalue weighted by Crippen LogP contribution is -2.38. The first-order valence-corrected chi connectivity index (χ1v) is 8.29. The summed E-state index contributed by atoms with van der Waals surface area (Å²) in [4.78, 5) is 12.0. The Balaban J connectivity index is 1.81. The topological polar surface area (TPSA) is 50.4 Å². The van der Waals surface area contributed by atoms with E-state index in [2.05, 4.69) is 16.7 Å². The number of hydrogen-bond acceptors (Lipinski definition) is 2. The Morgan fingerprint density at radius 2 is 2.09 bits per heavy atom. The predicted octanol–water partition coefficient (Wildman–Crippen LogP) is 3.94. The van der Waals surface area contributed by atoms with E-state index in [1.807, 2.05) is 26.0 Å². The number of carbonyl (C=O) groups excluding carboxylic acids is 1. The van der Waals surface area contributed by atoms with E-state index in [1.165, 1.54) is 25.7 Å². The number of ether oxygens (including phenoxy) is 1. The van der Waals surface area contributed by atoms with Crippen LogP contribution in [0, 0.1) is 12.8 Å². The van der Waals surface area contributed by atoms with Gasteiger partial charge in [-0.1, -0.05) is 43.4 Å². The van der Waals surface area contributed by atoms with Gasteiger partial charge in [0.1, 0.15) is 5.75 Å². The fourth-order valence-corrected chi connectivity index (χ4v) is 3.21. The predicted molar refractivity (Wildman–Crippen MR) is 89.3 cm³/mol. The molecule has 0 aromatic heterocycles. The molecule has 1 saturated carbocycles. The molecule has 1 aromatic carbocycles. The highest BCUT2D eigenvalue weighted by molar-refractivity contribution is 5.74. The van der Waals surface area contributed by atoms with Gasteiger partial charge < -0.3 is 15.4 Å². The third-order valence-corrected chi connectivity index (χ3v) is 4.51. The Bertz CT molecular complexity index is 496. The Hall–Kier alpha value is -1.71. The standard InChI is InChI=1S/C18H28N2O2/c1-13-8-9-17(22-3)16(12-13)14(2)20-18(21)19-11-10-15-6-4-5-7-15/h8-9,12,14-15H,4-7,10-11H2,1-3H3,(H2,19,20,21). The molecular formula is C18H28N2O2. The molecule has 0 aliphatic heterocycles. The molecule has 1 aliphatic rings. The van der Waals surface area contributed by atoms with E-state index in [-0.39, 0.29) is 12.1 Å². The van der Waals surface area contributed by atoms with Gasteiger partial charge in [0, 0.05) is 12.1 Å². The van der Waals surface area contributed by atoms with E-state index < -0.39 is 0 Å². The number of aryl methyl sites for hydroxylation is 1. The molecule has 4 nitrogen and oxygen atoms in total. The largest absolute Gasteiger partial charge is 0.496 e. The van der Waals surface area contributed by atoms with Crippen LogP contribution in [0.2, 0.25) is 0 Å². The van der Waals surface area contributed by atoms with Gasteiger partial charge >= 0.3 is 6.03 Å². The fourth-order valence-electron chi connectivity index (χ4n) is 3.21. The molecule has 0 saturated heterocycles. The lowest BCUT2D eigenvalue weighted by Gasteiger charge is -2.18. The third-order valence-electron chi connectivity index (χ3n) is 4.51. The summed E-state index contributed by atoms with van der Waals surface area (Å²) in [6.45, 7) is 4.78. The summed E-state index contributed by atoms with van der Waals surface area (Å²) in [5, 5.41) is 5.96. The maximum absolute atomic E-state index is 12.0. The summed E-state index contributed by atoms with van der Waals surface area (Å²) >= 11 is 0. The van der Waals surface area contributed by atoms with Crippen molar-refractivity contribution >= 4 is 6.03 Å². The van der Waals surface area contributed by atoms with Gasteiger partial charge in [0.2, 0.25) is 0 Å². The summed E-state index contributed by atoms with van der Waals surface area (Å²) in [5.74, 6) is 1.61. The molecule has 0 radical (unpaired) electrons. The molecule has 22 heavy (non-hydrogen) atoms. The number of amides is 2. The monoisotopic (exact) mass is 304 g/mol. The van der Waals surface area contributed by atoms with Crippen LogP contribution in [0.15, 0.2) is 18.2 Å². The molecule has 1 fully saturated rings. The highest BCUT2D eigenvalue weighted by Gasteiger charge is 2.16. The van der Waals surface area contributed by atoms with E-state index in [4.69, 9.17) is 4.74 Å². The van der Waals surface area contributed by atoms with Crippen molar-refractivity contribution in [3.8, 4) is 5.75 Å². The van der Waals surface area contributed by atoms with Crippen molar-refractivity contribution in [2.75, 3.05) is 13.7 Å². The first-order valence-electron chi connectivity index (χ1n) is 8.29. The Morgan fingerprint density at radius 3 is 2.77 bits per heavy atom. The van der Waals surface area contributed by atoms with Crippen molar-refractivity contribution < 1.29 is 9.53 Å². The van der Waals surface area contributed by atoms with E-state index in [9.17, 15) is 4.79 Å². The fraction of sp³-hybridized carbons (Fsp3) is 0.611. The molecule has 0 spiro atoms. The minimum Gasteiger partial charge on any atom is -0.496 e. The maximum atomic E-state index is 12.0. The number of urea groups is 1. The molecule has 1 atom stereocenters. The number of carbonyl (C=O) groups is 1. The van der Waals surface area contributed by atoms with Gasteiger partial charge in [-0.3, -0.25) is 0 Å². The molecule has 4 heteroatoms. The Morgan fingerprint density at radius 1 is 1.36 bits per heavy atom. The second kappa shape index (κ2) is 8.06. The van der Waals surface area contributed by atoms with Gasteiger partial charge in [-0.05, 0) is 32.3 Å². The number of benzene rings is 1. The van der Waals surface area contributed by atoms with E-state index in [0.717, 1.165) is 35.8 Å². The summed E-state index contributed by atoms with van der Waals surface area (Å²) in [5.41, 5.74) is 2.17. The van der Waals surface area contributed by atoms with Gasteiger partial charge in [-0.2, -0.15) is 0 Å². The highest BCUT2D eigenvalue weighted by Crippen LogP contribution is 2.27. The maximum Gasteiger partial charge on any atom is 0.315 e. The van der Waals surface area contributed by atoms with Crippen LogP contribution in [0.25, 0.3) is 0 Å². The lowest BCUT2D eigenvalue weighted by atomic mass is 10.0. The molecule has 1 unspecified atom stereocenters. The number of hydrogen-bond donors (Lipinski definition) is 2. The van der Waals surface area contributed by atoms with Crippen LogP contribution >= 0.6 is 0 Å². The third kappa shape index (κ3) is 4.65. The zero-order valence-electron chi connectivity index (χ0n) is 13.9. The summed E-state index contributed by atoms with van der Waals surface area (Å²) in [6.07, 6.45) is 6.43. The second-order valence-corrected chi connectivity index (χ2v) is 6.31. The van der Waals surface area contributed by atoms with Crippen LogP contribution in [0.4, 0.5) is 4.79 Å². The molecule has 0 bridgehead atoms. The number of rotatable bonds is 6. The lowest BCUT2D eigenvalue weighted by molar-refractivity contribution is 0.237. The zero-order chi connectivity index (χ0) is 15.9. The van der Waals surface area contributed by atoms with E-state index >= 15 is 0 Å². The van der Waals surface area contributed by atoms with E-state index in [0.29, 0.717) is 0 Å². The Kier molecular flexibility index (Phi) is 6.10. The van der Waals surface area contributed by atoms with Crippen LogP contribution in [0.1, 0.15) is 56.2 Å². The van der Waals surface area contributed by atoms with Gasteiger partial charge in [-0.25, -0.2) is 4.79 Å². The Labute approximate surface area is 133 Å². The molecule has 122 valence electrons. The molecular weight excluding hydrogens is 276 g/mol. The molecule has 0 heterocycles. The average molecular weight is 304 g/mol. The van der Waals surface area contributed by atoms with Crippen molar-refractivity contribution in [2.24, 2.45) is 5.92 Å².